The predicted molar refractivity (Wildman–Crippen MR) is 144 cm³/mol. The zero-order valence-electron chi connectivity index (χ0n) is 20.2. The van der Waals surface area contributed by atoms with Crippen molar-refractivity contribution in [3.05, 3.63) is 113 Å². The number of halogens is 1. The molecule has 0 saturated carbocycles. The van der Waals surface area contributed by atoms with Crippen LogP contribution in [0, 0.1) is 0 Å². The van der Waals surface area contributed by atoms with E-state index in [9.17, 15) is 9.59 Å². The summed E-state index contributed by atoms with van der Waals surface area (Å²) in [6.07, 6.45) is 0.382. The van der Waals surface area contributed by atoms with Crippen LogP contribution >= 0.6 is 11.6 Å². The fourth-order valence-electron chi connectivity index (χ4n) is 4.22. The maximum atomic E-state index is 13.7. The van der Waals surface area contributed by atoms with E-state index in [1.807, 2.05) is 97.9 Å². The van der Waals surface area contributed by atoms with Gasteiger partial charge in [-0.2, -0.15) is 0 Å². The van der Waals surface area contributed by atoms with Crippen molar-refractivity contribution in [2.24, 2.45) is 0 Å². The molecule has 0 aliphatic rings. The van der Waals surface area contributed by atoms with Crippen molar-refractivity contribution in [1.82, 2.24) is 10.2 Å². The molecule has 0 bridgehead atoms. The lowest BCUT2D eigenvalue weighted by Gasteiger charge is -2.31. The van der Waals surface area contributed by atoms with Crippen LogP contribution in [0.2, 0.25) is 5.02 Å². The lowest BCUT2D eigenvalue weighted by molar-refractivity contribution is -0.142. The highest BCUT2D eigenvalue weighted by Crippen LogP contribution is 2.25. The standard InChI is InChI=1S/C30H29ClN2O3/c1-2-32-30(35)27(19-22-10-4-3-5-11-22)33(20-23-12-8-15-25(31)18-23)29(34)21-36-28-17-9-14-24-13-6-7-16-26(24)28/h3-18,27H,2,19-21H2,1H3,(H,32,35)/t27-/m0/s1. The number of fused-ring (bicyclic) bond motifs is 1. The second kappa shape index (κ2) is 12.2. The van der Waals surface area contributed by atoms with Gasteiger partial charge >= 0.3 is 0 Å². The van der Waals surface area contributed by atoms with Gasteiger partial charge in [-0.3, -0.25) is 9.59 Å². The van der Waals surface area contributed by atoms with Crippen LogP contribution in [-0.2, 0) is 22.6 Å². The number of carbonyl (C=O) groups is 2. The van der Waals surface area contributed by atoms with Crippen LogP contribution in [-0.4, -0.2) is 35.9 Å². The first-order valence-electron chi connectivity index (χ1n) is 12.0. The molecule has 184 valence electrons. The summed E-state index contributed by atoms with van der Waals surface area (Å²) in [5.74, 6) is 0.138. The lowest BCUT2D eigenvalue weighted by Crippen LogP contribution is -2.51. The van der Waals surface area contributed by atoms with Gasteiger partial charge in [0.1, 0.15) is 11.8 Å². The summed E-state index contributed by atoms with van der Waals surface area (Å²) in [5.41, 5.74) is 1.80. The summed E-state index contributed by atoms with van der Waals surface area (Å²) in [4.78, 5) is 28.5. The van der Waals surface area contributed by atoms with Crippen molar-refractivity contribution >= 4 is 34.2 Å². The minimum atomic E-state index is -0.713. The number of hydrogen-bond donors (Lipinski definition) is 1. The van der Waals surface area contributed by atoms with Crippen LogP contribution in [0.3, 0.4) is 0 Å². The van der Waals surface area contributed by atoms with E-state index < -0.39 is 6.04 Å². The maximum Gasteiger partial charge on any atom is 0.261 e. The Labute approximate surface area is 216 Å². The lowest BCUT2D eigenvalue weighted by atomic mass is 10.0. The molecule has 2 amide bonds. The van der Waals surface area contributed by atoms with E-state index in [1.54, 1.807) is 11.0 Å². The number of nitrogens with zero attached hydrogens (tertiary/aromatic N) is 1. The zero-order chi connectivity index (χ0) is 25.3. The molecule has 36 heavy (non-hydrogen) atoms. The van der Waals surface area contributed by atoms with Gasteiger partial charge < -0.3 is 15.0 Å². The highest BCUT2D eigenvalue weighted by Gasteiger charge is 2.30. The summed E-state index contributed by atoms with van der Waals surface area (Å²) in [5, 5.41) is 5.43. The second-order valence-corrected chi connectivity index (χ2v) is 8.95. The largest absolute Gasteiger partial charge is 0.483 e. The first-order valence-corrected chi connectivity index (χ1v) is 12.4. The van der Waals surface area contributed by atoms with E-state index in [4.69, 9.17) is 16.3 Å². The molecule has 0 heterocycles. The van der Waals surface area contributed by atoms with Crippen molar-refractivity contribution in [1.29, 1.82) is 0 Å². The molecule has 4 rings (SSSR count). The Morgan fingerprint density at radius 2 is 1.58 bits per heavy atom. The molecule has 0 aromatic heterocycles. The molecular weight excluding hydrogens is 472 g/mol. The van der Waals surface area contributed by atoms with Crippen molar-refractivity contribution in [2.75, 3.05) is 13.2 Å². The van der Waals surface area contributed by atoms with Gasteiger partial charge in [0.05, 0.1) is 0 Å². The normalized spacial score (nSPS) is 11.6. The quantitative estimate of drug-likeness (QED) is 0.306. The highest BCUT2D eigenvalue weighted by molar-refractivity contribution is 6.30. The number of benzene rings is 4. The Morgan fingerprint density at radius 1 is 0.889 bits per heavy atom. The van der Waals surface area contributed by atoms with Crippen LogP contribution in [0.1, 0.15) is 18.1 Å². The average Bonchev–Trinajstić information content (AvgIpc) is 2.90. The number of carbonyl (C=O) groups excluding carboxylic acids is 2. The summed E-state index contributed by atoms with van der Waals surface area (Å²) in [6.45, 7) is 2.37. The van der Waals surface area contributed by atoms with Crippen LogP contribution in [0.15, 0.2) is 97.1 Å². The first-order chi connectivity index (χ1) is 17.5. The summed E-state index contributed by atoms with van der Waals surface area (Å²) in [6, 6.07) is 29.9. The van der Waals surface area contributed by atoms with Crippen LogP contribution in [0.4, 0.5) is 0 Å². The third-order valence-corrected chi connectivity index (χ3v) is 6.20. The third kappa shape index (κ3) is 6.43. The number of nitrogens with one attached hydrogen (secondary N) is 1. The molecule has 0 unspecified atom stereocenters. The Bertz CT molecular complexity index is 1320. The van der Waals surface area contributed by atoms with Gasteiger partial charge in [-0.1, -0.05) is 90.5 Å². The first kappa shape index (κ1) is 25.3. The van der Waals surface area contributed by atoms with E-state index in [2.05, 4.69) is 5.32 Å². The molecule has 1 atom stereocenters. The molecule has 1 N–H and O–H groups in total. The molecule has 5 nitrogen and oxygen atoms in total. The topological polar surface area (TPSA) is 58.6 Å². The van der Waals surface area contributed by atoms with Gasteiger partial charge in [0.2, 0.25) is 5.91 Å². The Kier molecular flexibility index (Phi) is 8.58. The highest BCUT2D eigenvalue weighted by atomic mass is 35.5. The summed E-state index contributed by atoms with van der Waals surface area (Å²) in [7, 11) is 0. The third-order valence-electron chi connectivity index (χ3n) is 5.96. The van der Waals surface area contributed by atoms with Gasteiger partial charge in [0.25, 0.3) is 5.91 Å². The zero-order valence-corrected chi connectivity index (χ0v) is 20.9. The molecule has 0 radical (unpaired) electrons. The Balaban J connectivity index is 1.63. The summed E-state index contributed by atoms with van der Waals surface area (Å²) >= 11 is 6.22. The van der Waals surface area contributed by atoms with Crippen molar-refractivity contribution < 1.29 is 14.3 Å². The van der Waals surface area contributed by atoms with E-state index in [0.717, 1.165) is 21.9 Å². The van der Waals surface area contributed by atoms with E-state index in [-0.39, 0.29) is 25.0 Å². The number of ether oxygens (including phenoxy) is 1. The molecule has 0 fully saturated rings. The smallest absolute Gasteiger partial charge is 0.261 e. The Morgan fingerprint density at radius 3 is 2.36 bits per heavy atom. The van der Waals surface area contributed by atoms with E-state index >= 15 is 0 Å². The number of amides is 2. The van der Waals surface area contributed by atoms with Crippen LogP contribution < -0.4 is 10.1 Å². The van der Waals surface area contributed by atoms with Gasteiger partial charge in [-0.25, -0.2) is 0 Å². The molecule has 6 heteroatoms. The van der Waals surface area contributed by atoms with Crippen molar-refractivity contribution in [3.63, 3.8) is 0 Å². The maximum absolute atomic E-state index is 13.7. The molecule has 0 saturated heterocycles. The number of likely N-dealkylation sites (N-methyl/N-ethyl adjacent to an activating group) is 1. The van der Waals surface area contributed by atoms with E-state index in [0.29, 0.717) is 23.7 Å². The van der Waals surface area contributed by atoms with Gasteiger partial charge in [-0.05, 0) is 41.6 Å². The molecule has 0 aliphatic carbocycles. The van der Waals surface area contributed by atoms with Crippen LogP contribution in [0.25, 0.3) is 10.8 Å². The van der Waals surface area contributed by atoms with Gasteiger partial charge in [-0.15, -0.1) is 0 Å². The molecule has 0 spiro atoms. The van der Waals surface area contributed by atoms with E-state index in [1.165, 1.54) is 0 Å². The molecule has 0 aliphatic heterocycles. The molecular formula is C30H29ClN2O3. The molecule has 4 aromatic rings. The Hall–Kier alpha value is -3.83. The fourth-order valence-corrected chi connectivity index (χ4v) is 4.43. The van der Waals surface area contributed by atoms with Crippen molar-refractivity contribution in [2.45, 2.75) is 25.9 Å². The number of rotatable bonds is 10. The minimum Gasteiger partial charge on any atom is -0.483 e. The fraction of sp³-hybridized carbons (Fsp3) is 0.200. The predicted octanol–water partition coefficient (Wildman–Crippen LogP) is 5.65. The number of hydrogen-bond acceptors (Lipinski definition) is 3. The molecule has 4 aromatic carbocycles. The second-order valence-electron chi connectivity index (χ2n) is 8.52. The summed E-state index contributed by atoms with van der Waals surface area (Å²) < 4.78 is 6.01. The minimum absolute atomic E-state index is 0.195. The van der Waals surface area contributed by atoms with Gasteiger partial charge in [0.15, 0.2) is 6.61 Å². The average molecular weight is 501 g/mol. The SMILES string of the molecule is CCNC(=O)[C@H](Cc1ccccc1)N(Cc1cccc(Cl)c1)C(=O)COc1cccc2ccccc12. The van der Waals surface area contributed by atoms with Crippen molar-refractivity contribution in [3.8, 4) is 5.75 Å². The monoisotopic (exact) mass is 500 g/mol. The van der Waals surface area contributed by atoms with Gasteiger partial charge in [0, 0.05) is 29.9 Å². The van der Waals surface area contributed by atoms with Crippen LogP contribution in [0.5, 0.6) is 5.75 Å².